The number of Topliss-reactive ketones (excluding diaryl/α,β-unsaturated/α-hetero) is 4. The van der Waals surface area contributed by atoms with Crippen LogP contribution in [0.4, 0.5) is 0 Å². The molecule has 1 spiro atoms. The lowest BCUT2D eigenvalue weighted by atomic mass is 9.45. The predicted molar refractivity (Wildman–Crippen MR) is 126 cm³/mol. The third kappa shape index (κ3) is 2.45. The van der Waals surface area contributed by atoms with Gasteiger partial charge in [0.15, 0.2) is 23.1 Å². The van der Waals surface area contributed by atoms with Crippen molar-refractivity contribution >= 4 is 23.1 Å². The van der Waals surface area contributed by atoms with Gasteiger partial charge in [0.1, 0.15) is 0 Å². The second-order valence-electron chi connectivity index (χ2n) is 14.9. The molecule has 0 N–H and O–H groups in total. The van der Waals surface area contributed by atoms with Crippen molar-refractivity contribution in [3.8, 4) is 0 Å². The summed E-state index contributed by atoms with van der Waals surface area (Å²) in [6.07, 6.45) is 1.16. The Hall–Kier alpha value is -1.32. The van der Waals surface area contributed by atoms with E-state index in [1.54, 1.807) is 0 Å². The van der Waals surface area contributed by atoms with E-state index in [0.29, 0.717) is 19.3 Å². The molecule has 2 bridgehead atoms. The van der Waals surface area contributed by atoms with E-state index >= 15 is 0 Å². The molecule has 4 fully saturated rings. The molecule has 0 saturated heterocycles. The van der Waals surface area contributed by atoms with Gasteiger partial charge in [-0.25, -0.2) is 0 Å². The Balaban J connectivity index is 2.48. The fourth-order valence-electron chi connectivity index (χ4n) is 8.95. The van der Waals surface area contributed by atoms with Gasteiger partial charge in [-0.05, 0) is 40.9 Å². The molecule has 0 amide bonds. The van der Waals surface area contributed by atoms with Crippen LogP contribution >= 0.6 is 0 Å². The Bertz CT molecular complexity index is 866. The second-order valence-corrected chi connectivity index (χ2v) is 14.9. The van der Waals surface area contributed by atoms with Crippen molar-refractivity contribution in [2.75, 3.05) is 0 Å². The molecule has 3 unspecified atom stereocenters. The van der Waals surface area contributed by atoms with Gasteiger partial charge in [-0.2, -0.15) is 0 Å². The first kappa shape index (κ1) is 25.3. The Morgan fingerprint density at radius 1 is 0.594 bits per heavy atom. The molecule has 0 aromatic carbocycles. The topological polar surface area (TPSA) is 68.3 Å². The lowest BCUT2D eigenvalue weighted by Gasteiger charge is -2.53. The number of carbonyl (C=O) groups is 4. The lowest BCUT2D eigenvalue weighted by Crippen LogP contribution is -2.63. The van der Waals surface area contributed by atoms with Crippen molar-refractivity contribution in [1.29, 1.82) is 0 Å². The van der Waals surface area contributed by atoms with Crippen LogP contribution in [0.3, 0.4) is 0 Å². The average Bonchev–Trinajstić information content (AvgIpc) is 2.64. The van der Waals surface area contributed by atoms with Gasteiger partial charge in [0, 0.05) is 11.8 Å². The number of hydrogen-bond acceptors (Lipinski definition) is 4. The van der Waals surface area contributed by atoms with Crippen molar-refractivity contribution in [3.63, 3.8) is 0 Å². The molecule has 4 nitrogen and oxygen atoms in total. The van der Waals surface area contributed by atoms with Gasteiger partial charge in [-0.1, -0.05) is 83.1 Å². The quantitative estimate of drug-likeness (QED) is 0.440. The molecule has 0 aromatic rings. The van der Waals surface area contributed by atoms with E-state index in [0.717, 1.165) is 0 Å². The van der Waals surface area contributed by atoms with E-state index < -0.39 is 43.8 Å². The van der Waals surface area contributed by atoms with Crippen LogP contribution in [0.5, 0.6) is 0 Å². The van der Waals surface area contributed by atoms with Crippen LogP contribution in [0.15, 0.2) is 0 Å². The summed E-state index contributed by atoms with van der Waals surface area (Å²) in [7, 11) is 0. The summed E-state index contributed by atoms with van der Waals surface area (Å²) in [5, 5.41) is 0. The van der Waals surface area contributed by atoms with E-state index in [-0.39, 0.29) is 29.1 Å². The van der Waals surface area contributed by atoms with E-state index in [9.17, 15) is 19.2 Å². The Kier molecular flexibility index (Phi) is 5.07. The van der Waals surface area contributed by atoms with Gasteiger partial charge in [-0.3, -0.25) is 19.2 Å². The molecule has 3 atom stereocenters. The number of fused-ring (bicyclic) bond motifs is 3. The molecular weight excluding hydrogens is 400 g/mol. The van der Waals surface area contributed by atoms with E-state index in [1.165, 1.54) is 0 Å². The van der Waals surface area contributed by atoms with Crippen molar-refractivity contribution in [2.45, 2.75) is 102 Å². The van der Waals surface area contributed by atoms with Gasteiger partial charge in [0.25, 0.3) is 0 Å². The van der Waals surface area contributed by atoms with Crippen LogP contribution in [-0.2, 0) is 19.2 Å². The van der Waals surface area contributed by atoms with Gasteiger partial charge in [0.2, 0.25) is 0 Å². The summed E-state index contributed by atoms with van der Waals surface area (Å²) < 4.78 is 0. The van der Waals surface area contributed by atoms with Gasteiger partial charge < -0.3 is 0 Å². The van der Waals surface area contributed by atoms with E-state index in [2.05, 4.69) is 0 Å². The Morgan fingerprint density at radius 2 is 0.938 bits per heavy atom. The van der Waals surface area contributed by atoms with E-state index in [1.807, 2.05) is 83.1 Å². The molecule has 0 radical (unpaired) electrons. The van der Waals surface area contributed by atoms with Gasteiger partial charge >= 0.3 is 0 Å². The minimum atomic E-state index is -1.40. The molecule has 4 aliphatic carbocycles. The highest BCUT2D eigenvalue weighted by Crippen LogP contribution is 2.72. The van der Waals surface area contributed by atoms with Crippen LogP contribution in [0, 0.1) is 49.7 Å². The number of rotatable bonds is 0. The molecule has 4 saturated carbocycles. The zero-order valence-electron chi connectivity index (χ0n) is 22.4. The zero-order valence-corrected chi connectivity index (χ0v) is 22.4. The minimum Gasteiger partial charge on any atom is -0.298 e. The first-order valence-corrected chi connectivity index (χ1v) is 12.3. The molecule has 180 valence electrons. The summed E-state index contributed by atoms with van der Waals surface area (Å²) in [6.45, 7) is 23.4. The number of ketones is 4. The molecule has 32 heavy (non-hydrogen) atoms. The van der Waals surface area contributed by atoms with Crippen LogP contribution in [0.25, 0.3) is 0 Å². The highest BCUT2D eigenvalue weighted by molar-refractivity contribution is 6.31. The zero-order chi connectivity index (χ0) is 25.1. The fraction of sp³-hybridized carbons (Fsp3) is 0.857. The highest BCUT2D eigenvalue weighted by atomic mass is 16.2. The third-order valence-electron chi connectivity index (χ3n) is 9.42. The van der Waals surface area contributed by atoms with Crippen LogP contribution in [0.2, 0.25) is 0 Å². The minimum absolute atomic E-state index is 0.0495. The summed E-state index contributed by atoms with van der Waals surface area (Å²) in [6, 6.07) is 0. The average molecular weight is 445 g/mol. The molecule has 0 aliphatic heterocycles. The van der Waals surface area contributed by atoms with Crippen molar-refractivity contribution in [3.05, 3.63) is 0 Å². The van der Waals surface area contributed by atoms with Crippen molar-refractivity contribution in [2.24, 2.45) is 49.7 Å². The predicted octanol–water partition coefficient (Wildman–Crippen LogP) is 5.85. The maximum absolute atomic E-state index is 14.9. The summed E-state index contributed by atoms with van der Waals surface area (Å²) >= 11 is 0. The molecule has 0 aromatic heterocycles. The molecule has 4 aliphatic rings. The fourth-order valence-corrected chi connectivity index (χ4v) is 8.95. The van der Waals surface area contributed by atoms with Gasteiger partial charge in [0.05, 0.1) is 16.2 Å². The molecular formula is C28H44O4. The highest BCUT2D eigenvalue weighted by Gasteiger charge is 2.82. The van der Waals surface area contributed by atoms with Crippen LogP contribution in [-0.4, -0.2) is 23.1 Å². The Labute approximate surface area is 194 Å². The first-order chi connectivity index (χ1) is 14.1. The van der Waals surface area contributed by atoms with Crippen LogP contribution in [0.1, 0.15) is 102 Å². The summed E-state index contributed by atoms with van der Waals surface area (Å²) in [4.78, 5) is 58.3. The van der Waals surface area contributed by atoms with Crippen molar-refractivity contribution in [1.82, 2.24) is 0 Å². The molecule has 4 heteroatoms. The third-order valence-corrected chi connectivity index (χ3v) is 9.42. The smallest absolute Gasteiger partial charge is 0.161 e. The summed E-state index contributed by atoms with van der Waals surface area (Å²) in [5.41, 5.74) is -6.64. The first-order valence-electron chi connectivity index (χ1n) is 12.3. The number of hydrogen-bond donors (Lipinski definition) is 0. The molecule has 0 heterocycles. The van der Waals surface area contributed by atoms with E-state index in [4.69, 9.17) is 0 Å². The maximum atomic E-state index is 14.9. The molecule has 4 rings (SSSR count). The SMILES string of the molecule is CC(C)(C)C1(C(C)(C)C)C(=O)C2CCC3(C1=O)C(=O)C(C(C)(C)C)(C(C)(C)C)C(=O)C3C2. The normalized spacial score (nSPS) is 32.9. The lowest BCUT2D eigenvalue weighted by molar-refractivity contribution is -0.169. The number of carbonyl (C=O) groups excluding carboxylic acids is 4. The maximum Gasteiger partial charge on any atom is 0.161 e. The van der Waals surface area contributed by atoms with Crippen LogP contribution < -0.4 is 0 Å². The monoisotopic (exact) mass is 444 g/mol. The summed E-state index contributed by atoms with van der Waals surface area (Å²) in [5.74, 6) is -1.69. The second kappa shape index (κ2) is 6.42. The van der Waals surface area contributed by atoms with Crippen molar-refractivity contribution < 1.29 is 19.2 Å². The standard InChI is InChI=1S/C28H44O4/c1-22(2,3)27(23(4,5)6)18(29)16-13-14-26(20(27)31)17(15-16)19(30)28(21(26)32,24(7,8)9)25(10,11)12/h16-17H,13-15H2,1-12H3. The Morgan fingerprint density at radius 3 is 1.28 bits per heavy atom. The largest absolute Gasteiger partial charge is 0.298 e. The van der Waals surface area contributed by atoms with Gasteiger partial charge in [-0.15, -0.1) is 0 Å².